The number of nitrogens with one attached hydrogen (secondary N) is 1. The molecule has 8 nitrogen and oxygen atoms in total. The quantitative estimate of drug-likeness (QED) is 0.614. The fourth-order valence-corrected chi connectivity index (χ4v) is 5.75. The van der Waals surface area contributed by atoms with Gasteiger partial charge in [0.05, 0.1) is 15.5 Å². The Bertz CT molecular complexity index is 1030. The molecule has 170 valence electrons. The first-order chi connectivity index (χ1) is 14.7. The Morgan fingerprint density at radius 1 is 1.19 bits per heavy atom. The Labute approximate surface area is 188 Å². The van der Waals surface area contributed by atoms with E-state index in [-0.39, 0.29) is 15.5 Å². The van der Waals surface area contributed by atoms with Gasteiger partial charge in [0.25, 0.3) is 5.91 Å². The highest BCUT2D eigenvalue weighted by Gasteiger charge is 2.39. The normalized spacial score (nSPS) is 16.8. The summed E-state index contributed by atoms with van der Waals surface area (Å²) in [6.45, 7) is 5.92. The molecule has 31 heavy (non-hydrogen) atoms. The minimum Gasteiger partial charge on any atom is -0.340 e. The molecule has 0 unspecified atom stereocenters. The maximum absolute atomic E-state index is 13.3. The number of benzene rings is 1. The van der Waals surface area contributed by atoms with Crippen molar-refractivity contribution in [2.24, 2.45) is 0 Å². The Morgan fingerprint density at radius 3 is 2.39 bits per heavy atom. The summed E-state index contributed by atoms with van der Waals surface area (Å²) in [4.78, 5) is 17.8. The van der Waals surface area contributed by atoms with Crippen LogP contribution in [-0.2, 0) is 15.6 Å². The topological polar surface area (TPSA) is 105 Å². The van der Waals surface area contributed by atoms with Crippen LogP contribution in [0.4, 0.5) is 0 Å². The van der Waals surface area contributed by atoms with Crippen molar-refractivity contribution < 1.29 is 17.7 Å². The average Bonchev–Trinajstić information content (AvgIpc) is 3.04. The van der Waals surface area contributed by atoms with Crippen molar-refractivity contribution in [2.75, 3.05) is 13.1 Å². The van der Waals surface area contributed by atoms with E-state index in [1.54, 1.807) is 20.8 Å². The van der Waals surface area contributed by atoms with Crippen molar-refractivity contribution >= 4 is 27.5 Å². The van der Waals surface area contributed by atoms with Gasteiger partial charge in [-0.05, 0) is 31.0 Å². The molecule has 1 N–H and O–H groups in total. The standard InChI is InChI=1S/C21H29ClN4O4S/c1-4-26(5-2)31(28,29)16-10-11-18(22)17(14-16)19(27)24-21(12-8-6-7-9-13-21)20-23-15(3)30-25-20/h10-11,14H,4-9,12-13H2,1-3H3,(H,24,27). The minimum absolute atomic E-state index is 0.0380. The van der Waals surface area contributed by atoms with Gasteiger partial charge in [0.2, 0.25) is 15.9 Å². The van der Waals surface area contributed by atoms with Crippen molar-refractivity contribution in [1.82, 2.24) is 19.8 Å². The van der Waals surface area contributed by atoms with Gasteiger partial charge in [0.15, 0.2) is 5.82 Å². The average molecular weight is 469 g/mol. The summed E-state index contributed by atoms with van der Waals surface area (Å²) in [7, 11) is -3.72. The zero-order chi connectivity index (χ0) is 22.6. The molecule has 0 aliphatic heterocycles. The number of sulfonamides is 1. The van der Waals surface area contributed by atoms with Gasteiger partial charge < -0.3 is 9.84 Å². The lowest BCUT2D eigenvalue weighted by Crippen LogP contribution is -2.46. The molecule has 2 aromatic rings. The number of nitrogens with zero attached hydrogens (tertiary/aromatic N) is 3. The molecule has 1 aromatic heterocycles. The summed E-state index contributed by atoms with van der Waals surface area (Å²) in [5.74, 6) is 0.424. The van der Waals surface area contributed by atoms with Gasteiger partial charge in [-0.2, -0.15) is 9.29 Å². The third kappa shape index (κ3) is 4.94. The van der Waals surface area contributed by atoms with Crippen LogP contribution in [0.1, 0.15) is 74.4 Å². The number of aromatic nitrogens is 2. The van der Waals surface area contributed by atoms with Crippen molar-refractivity contribution in [3.05, 3.63) is 40.5 Å². The monoisotopic (exact) mass is 468 g/mol. The SMILES string of the molecule is CCN(CC)S(=O)(=O)c1ccc(Cl)c(C(=O)NC2(c3noc(C)n3)CCCCCC2)c1. The first-order valence-corrected chi connectivity index (χ1v) is 12.5. The predicted molar refractivity (Wildman–Crippen MR) is 117 cm³/mol. The number of carbonyl (C=O) groups excluding carboxylic acids is 1. The molecule has 1 amide bonds. The fourth-order valence-electron chi connectivity index (χ4n) is 4.07. The zero-order valence-corrected chi connectivity index (χ0v) is 19.7. The predicted octanol–water partition coefficient (Wildman–Crippen LogP) is 4.04. The summed E-state index contributed by atoms with van der Waals surface area (Å²) in [6.07, 6.45) is 5.30. The van der Waals surface area contributed by atoms with Crippen LogP contribution >= 0.6 is 11.6 Å². The van der Waals surface area contributed by atoms with Gasteiger partial charge in [-0.1, -0.05) is 56.3 Å². The molecule has 10 heteroatoms. The largest absolute Gasteiger partial charge is 0.340 e. The molecule has 1 heterocycles. The molecule has 1 aromatic carbocycles. The Kier molecular flexibility index (Phi) is 7.39. The number of amides is 1. The van der Waals surface area contributed by atoms with E-state index in [0.717, 1.165) is 25.7 Å². The van der Waals surface area contributed by atoms with E-state index in [9.17, 15) is 13.2 Å². The third-order valence-corrected chi connectivity index (χ3v) is 8.17. The van der Waals surface area contributed by atoms with E-state index in [2.05, 4.69) is 15.5 Å². The molecule has 1 aliphatic rings. The molecular formula is C21H29ClN4O4S. The summed E-state index contributed by atoms with van der Waals surface area (Å²) < 4.78 is 32.4. The molecule has 0 radical (unpaired) electrons. The molecule has 0 bridgehead atoms. The maximum Gasteiger partial charge on any atom is 0.253 e. The van der Waals surface area contributed by atoms with Crippen LogP contribution in [0.5, 0.6) is 0 Å². The van der Waals surface area contributed by atoms with Crippen LogP contribution in [0.25, 0.3) is 0 Å². The van der Waals surface area contributed by atoms with Gasteiger partial charge >= 0.3 is 0 Å². The van der Waals surface area contributed by atoms with E-state index in [1.807, 2.05) is 0 Å². The van der Waals surface area contributed by atoms with Crippen LogP contribution in [-0.4, -0.2) is 41.9 Å². The second kappa shape index (κ2) is 9.67. The summed E-state index contributed by atoms with van der Waals surface area (Å²) >= 11 is 6.31. The van der Waals surface area contributed by atoms with E-state index in [0.29, 0.717) is 37.6 Å². The second-order valence-electron chi connectivity index (χ2n) is 7.82. The van der Waals surface area contributed by atoms with E-state index in [4.69, 9.17) is 16.1 Å². The summed E-state index contributed by atoms with van der Waals surface area (Å²) in [5, 5.41) is 7.35. The third-order valence-electron chi connectivity index (χ3n) is 5.79. The molecule has 3 rings (SSSR count). The van der Waals surface area contributed by atoms with Crippen LogP contribution in [0.15, 0.2) is 27.6 Å². The van der Waals surface area contributed by atoms with Crippen molar-refractivity contribution in [1.29, 1.82) is 0 Å². The van der Waals surface area contributed by atoms with Gasteiger partial charge in [-0.3, -0.25) is 4.79 Å². The Balaban J connectivity index is 1.97. The van der Waals surface area contributed by atoms with E-state index in [1.165, 1.54) is 22.5 Å². The molecule has 0 saturated heterocycles. The van der Waals surface area contributed by atoms with Crippen LogP contribution < -0.4 is 5.32 Å². The highest BCUT2D eigenvalue weighted by Crippen LogP contribution is 2.35. The van der Waals surface area contributed by atoms with Gasteiger partial charge in [0.1, 0.15) is 5.54 Å². The van der Waals surface area contributed by atoms with E-state index >= 15 is 0 Å². The Hall–Kier alpha value is -1.97. The van der Waals surface area contributed by atoms with Crippen molar-refractivity contribution in [3.8, 4) is 0 Å². The van der Waals surface area contributed by atoms with Crippen LogP contribution in [0.2, 0.25) is 5.02 Å². The van der Waals surface area contributed by atoms with Crippen molar-refractivity contribution in [3.63, 3.8) is 0 Å². The Morgan fingerprint density at radius 2 is 1.84 bits per heavy atom. The number of carbonyl (C=O) groups is 1. The van der Waals surface area contributed by atoms with Crippen molar-refractivity contribution in [2.45, 2.75) is 69.7 Å². The van der Waals surface area contributed by atoms with Gasteiger partial charge in [-0.15, -0.1) is 0 Å². The maximum atomic E-state index is 13.3. The number of hydrogen-bond donors (Lipinski definition) is 1. The molecule has 0 atom stereocenters. The number of aryl methyl sites for hydroxylation is 1. The van der Waals surface area contributed by atoms with Gasteiger partial charge in [-0.25, -0.2) is 8.42 Å². The zero-order valence-electron chi connectivity index (χ0n) is 18.1. The smallest absolute Gasteiger partial charge is 0.253 e. The van der Waals surface area contributed by atoms with Crippen LogP contribution in [0, 0.1) is 6.92 Å². The summed E-state index contributed by atoms with van der Waals surface area (Å²) in [5.41, 5.74) is -0.665. The molecule has 0 spiro atoms. The number of hydrogen-bond acceptors (Lipinski definition) is 6. The molecule has 1 fully saturated rings. The lowest BCUT2D eigenvalue weighted by Gasteiger charge is -2.31. The highest BCUT2D eigenvalue weighted by molar-refractivity contribution is 7.89. The minimum atomic E-state index is -3.72. The first kappa shape index (κ1) is 23.7. The number of rotatable bonds is 7. The first-order valence-electron chi connectivity index (χ1n) is 10.7. The fraction of sp³-hybridized carbons (Fsp3) is 0.571. The lowest BCUT2D eigenvalue weighted by molar-refractivity contribution is 0.0876. The molecular weight excluding hydrogens is 440 g/mol. The highest BCUT2D eigenvalue weighted by atomic mass is 35.5. The summed E-state index contributed by atoms with van der Waals surface area (Å²) in [6, 6.07) is 4.22. The van der Waals surface area contributed by atoms with Crippen LogP contribution in [0.3, 0.4) is 0 Å². The van der Waals surface area contributed by atoms with Gasteiger partial charge in [0, 0.05) is 20.0 Å². The second-order valence-corrected chi connectivity index (χ2v) is 10.2. The van der Waals surface area contributed by atoms with E-state index < -0.39 is 21.5 Å². The number of halogens is 1. The molecule has 1 aliphatic carbocycles. The molecule has 1 saturated carbocycles. The lowest BCUT2D eigenvalue weighted by atomic mass is 9.88.